The van der Waals surface area contributed by atoms with Gasteiger partial charge in [-0.1, -0.05) is 22.9 Å². The maximum absolute atomic E-state index is 12.2. The summed E-state index contributed by atoms with van der Waals surface area (Å²) in [5.74, 6) is -1.21. The normalized spacial score (nSPS) is 11.3. The molecule has 0 saturated carbocycles. The van der Waals surface area contributed by atoms with Gasteiger partial charge in [0, 0.05) is 5.69 Å². The molecular formula is C11H9ClN2O5S2. The molecule has 1 aromatic heterocycles. The molecule has 0 bridgehead atoms. The van der Waals surface area contributed by atoms with Crippen LogP contribution in [0.1, 0.15) is 16.1 Å². The van der Waals surface area contributed by atoms with Crippen LogP contribution >= 0.6 is 22.9 Å². The largest absolute Gasteiger partial charge is 0.478 e. The van der Waals surface area contributed by atoms with Gasteiger partial charge in [0.2, 0.25) is 0 Å². The van der Waals surface area contributed by atoms with Gasteiger partial charge in [0.1, 0.15) is 0 Å². The number of aromatic carboxylic acids is 1. The molecule has 10 heteroatoms. The molecule has 2 rings (SSSR count). The number of carbonyl (C=O) groups is 1. The summed E-state index contributed by atoms with van der Waals surface area (Å²) in [5.41, 5.74) is 0.0101. The van der Waals surface area contributed by atoms with E-state index in [1.54, 1.807) is 0 Å². The summed E-state index contributed by atoms with van der Waals surface area (Å²) in [6.07, 6.45) is 0. The SMILES string of the molecule is Cc1[nH]c(=O)sc1S(=O)(=O)Nc1cc(C(=O)O)ccc1Cl. The van der Waals surface area contributed by atoms with Crippen LogP contribution in [0.15, 0.2) is 27.2 Å². The van der Waals surface area contributed by atoms with Gasteiger partial charge >= 0.3 is 10.8 Å². The number of aromatic nitrogens is 1. The molecule has 0 aliphatic rings. The fourth-order valence-corrected chi connectivity index (χ4v) is 4.17. The molecule has 0 aliphatic heterocycles. The Bertz CT molecular complexity index is 869. The Morgan fingerprint density at radius 1 is 1.43 bits per heavy atom. The molecule has 0 unspecified atom stereocenters. The minimum atomic E-state index is -4.03. The fraction of sp³-hybridized carbons (Fsp3) is 0.0909. The topological polar surface area (TPSA) is 116 Å². The Labute approximate surface area is 128 Å². The van der Waals surface area contributed by atoms with Gasteiger partial charge in [0.05, 0.1) is 16.3 Å². The second-order valence-electron chi connectivity index (χ2n) is 4.03. The van der Waals surface area contributed by atoms with Crippen molar-refractivity contribution in [2.75, 3.05) is 4.72 Å². The Kier molecular flexibility index (Phi) is 4.08. The summed E-state index contributed by atoms with van der Waals surface area (Å²) in [6.45, 7) is 1.45. The summed E-state index contributed by atoms with van der Waals surface area (Å²) in [7, 11) is -4.03. The van der Waals surface area contributed by atoms with Crippen molar-refractivity contribution in [2.24, 2.45) is 0 Å². The van der Waals surface area contributed by atoms with Crippen molar-refractivity contribution in [1.29, 1.82) is 0 Å². The number of rotatable bonds is 4. The van der Waals surface area contributed by atoms with Crippen LogP contribution in [0.3, 0.4) is 0 Å². The summed E-state index contributed by atoms with van der Waals surface area (Å²) >= 11 is 6.39. The Balaban J connectivity index is 2.46. The standard InChI is InChI=1S/C11H9ClN2O5S2/c1-5-10(20-11(17)13-5)21(18,19)14-8-4-6(9(15)16)2-3-7(8)12/h2-4,14H,1H3,(H,13,17)(H,15,16). The van der Waals surface area contributed by atoms with Crippen molar-refractivity contribution >= 4 is 44.6 Å². The minimum absolute atomic E-state index is 0.0455. The number of hydrogen-bond donors (Lipinski definition) is 3. The highest BCUT2D eigenvalue weighted by atomic mass is 35.5. The van der Waals surface area contributed by atoms with Gasteiger partial charge in [0.25, 0.3) is 10.0 Å². The quantitative estimate of drug-likeness (QED) is 0.780. The molecule has 112 valence electrons. The second kappa shape index (κ2) is 5.51. The maximum Gasteiger partial charge on any atom is 0.335 e. The van der Waals surface area contributed by atoms with Gasteiger partial charge in [-0.15, -0.1) is 0 Å². The lowest BCUT2D eigenvalue weighted by atomic mass is 10.2. The highest BCUT2D eigenvalue weighted by Gasteiger charge is 2.22. The van der Waals surface area contributed by atoms with Crippen molar-refractivity contribution in [3.63, 3.8) is 0 Å². The molecule has 0 atom stereocenters. The first kappa shape index (κ1) is 15.5. The van der Waals surface area contributed by atoms with Gasteiger partial charge in [0.15, 0.2) is 4.21 Å². The first-order chi connectivity index (χ1) is 9.70. The Morgan fingerprint density at radius 3 is 2.62 bits per heavy atom. The van der Waals surface area contributed by atoms with Crippen LogP contribution in [-0.4, -0.2) is 24.5 Å². The first-order valence-corrected chi connectivity index (χ1v) is 8.14. The lowest BCUT2D eigenvalue weighted by Crippen LogP contribution is -2.13. The third kappa shape index (κ3) is 3.26. The van der Waals surface area contributed by atoms with E-state index >= 15 is 0 Å². The maximum atomic E-state index is 12.2. The van der Waals surface area contributed by atoms with Gasteiger partial charge in [-0.3, -0.25) is 9.52 Å². The van der Waals surface area contributed by atoms with Gasteiger partial charge in [-0.2, -0.15) is 0 Å². The van der Waals surface area contributed by atoms with Crippen molar-refractivity contribution in [3.8, 4) is 0 Å². The lowest BCUT2D eigenvalue weighted by Gasteiger charge is -2.09. The van der Waals surface area contributed by atoms with Crippen LogP contribution in [0, 0.1) is 6.92 Å². The number of sulfonamides is 1. The molecule has 0 amide bonds. The van der Waals surface area contributed by atoms with Gasteiger partial charge in [-0.05, 0) is 25.1 Å². The van der Waals surface area contributed by atoms with Crippen LogP contribution in [0.5, 0.6) is 0 Å². The smallest absolute Gasteiger partial charge is 0.335 e. The van der Waals surface area contributed by atoms with Gasteiger partial charge < -0.3 is 10.1 Å². The summed E-state index contributed by atoms with van der Waals surface area (Å²) in [4.78, 5) is 23.9. The average molecular weight is 349 g/mol. The van der Waals surface area contributed by atoms with Gasteiger partial charge in [-0.25, -0.2) is 13.2 Å². The number of halogens is 1. The summed E-state index contributed by atoms with van der Waals surface area (Å²) in [5, 5.41) is 8.94. The van der Waals surface area contributed by atoms with E-state index in [9.17, 15) is 18.0 Å². The van der Waals surface area contributed by atoms with Crippen LogP contribution in [-0.2, 0) is 10.0 Å². The number of carboxylic acid groups (broad SMARTS) is 1. The number of H-pyrrole nitrogens is 1. The van der Waals surface area contributed by atoms with E-state index in [-0.39, 0.29) is 26.2 Å². The van der Waals surface area contributed by atoms with Crippen molar-refractivity contribution < 1.29 is 18.3 Å². The van der Waals surface area contributed by atoms with Crippen molar-refractivity contribution in [2.45, 2.75) is 11.1 Å². The molecule has 1 aromatic carbocycles. The lowest BCUT2D eigenvalue weighted by molar-refractivity contribution is 0.0697. The van der Waals surface area contributed by atoms with Crippen LogP contribution < -0.4 is 9.60 Å². The summed E-state index contributed by atoms with van der Waals surface area (Å²) in [6, 6.07) is 3.63. The number of hydrogen-bond acceptors (Lipinski definition) is 5. The first-order valence-electron chi connectivity index (χ1n) is 5.46. The molecule has 21 heavy (non-hydrogen) atoms. The van der Waals surface area contributed by atoms with Crippen molar-refractivity contribution in [1.82, 2.24) is 4.98 Å². The molecule has 3 N–H and O–H groups in total. The number of anilines is 1. The monoisotopic (exact) mass is 348 g/mol. The van der Waals surface area contributed by atoms with Crippen LogP contribution in [0.25, 0.3) is 0 Å². The zero-order valence-corrected chi connectivity index (χ0v) is 12.9. The molecule has 0 spiro atoms. The number of nitrogens with one attached hydrogen (secondary N) is 2. The average Bonchev–Trinajstić information content (AvgIpc) is 2.71. The van der Waals surface area contributed by atoms with E-state index in [1.807, 2.05) is 0 Å². The molecule has 0 radical (unpaired) electrons. The third-order valence-corrected chi connectivity index (χ3v) is 5.78. The predicted octanol–water partition coefficient (Wildman–Crippen LogP) is 1.90. The van der Waals surface area contributed by atoms with E-state index < -0.39 is 20.9 Å². The Hall–Kier alpha value is -1.84. The molecule has 7 nitrogen and oxygen atoms in total. The number of benzene rings is 1. The number of aromatic amines is 1. The molecular weight excluding hydrogens is 340 g/mol. The number of carboxylic acids is 1. The molecule has 1 heterocycles. The number of thiazole rings is 1. The van der Waals surface area contributed by atoms with Crippen molar-refractivity contribution in [3.05, 3.63) is 44.1 Å². The second-order valence-corrected chi connectivity index (χ2v) is 7.30. The number of aryl methyl sites for hydroxylation is 1. The Morgan fingerprint density at radius 2 is 2.10 bits per heavy atom. The summed E-state index contributed by atoms with van der Waals surface area (Å²) < 4.78 is 26.4. The molecule has 2 aromatic rings. The minimum Gasteiger partial charge on any atom is -0.478 e. The zero-order valence-electron chi connectivity index (χ0n) is 10.5. The third-order valence-electron chi connectivity index (χ3n) is 2.48. The van der Waals surface area contributed by atoms with E-state index in [0.717, 1.165) is 6.07 Å². The van der Waals surface area contributed by atoms with E-state index in [4.69, 9.17) is 16.7 Å². The molecule has 0 fully saturated rings. The molecule has 0 saturated heterocycles. The highest BCUT2D eigenvalue weighted by Crippen LogP contribution is 2.27. The van der Waals surface area contributed by atoms with E-state index in [2.05, 4.69) is 9.71 Å². The highest BCUT2D eigenvalue weighted by molar-refractivity contribution is 7.94. The van der Waals surface area contributed by atoms with Crippen LogP contribution in [0.4, 0.5) is 5.69 Å². The zero-order chi connectivity index (χ0) is 15.8. The predicted molar refractivity (Wildman–Crippen MR) is 78.9 cm³/mol. The fourth-order valence-electron chi connectivity index (χ4n) is 1.57. The van der Waals surface area contributed by atoms with E-state index in [1.165, 1.54) is 19.1 Å². The van der Waals surface area contributed by atoms with Crippen LogP contribution in [0.2, 0.25) is 5.02 Å². The molecule has 0 aliphatic carbocycles. The van der Waals surface area contributed by atoms with E-state index in [0.29, 0.717) is 11.3 Å².